The van der Waals surface area contributed by atoms with E-state index < -0.39 is 11.7 Å². The Hall–Kier alpha value is -2.68. The van der Waals surface area contributed by atoms with Gasteiger partial charge in [0, 0.05) is 5.56 Å². The van der Waals surface area contributed by atoms with Crippen molar-refractivity contribution in [1.29, 1.82) is 0 Å². The molecule has 0 saturated carbocycles. The fourth-order valence-electron chi connectivity index (χ4n) is 3.06. The molecule has 0 radical (unpaired) electrons. The van der Waals surface area contributed by atoms with E-state index in [2.05, 4.69) is 20.6 Å². The van der Waals surface area contributed by atoms with Crippen LogP contribution >= 0.6 is 0 Å². The van der Waals surface area contributed by atoms with Crippen molar-refractivity contribution in [2.75, 3.05) is 13.2 Å². The van der Waals surface area contributed by atoms with E-state index >= 15 is 0 Å². The van der Waals surface area contributed by atoms with E-state index in [4.69, 9.17) is 4.74 Å². The molecular weight excluding hydrogens is 397 g/mol. The molecule has 1 aromatic carbocycles. The Morgan fingerprint density at radius 1 is 1.27 bits per heavy atom. The third kappa shape index (κ3) is 5.91. The molecule has 1 aliphatic rings. The van der Waals surface area contributed by atoms with E-state index in [1.165, 1.54) is 12.1 Å². The smallest absolute Gasteiger partial charge is 0.416 e. The van der Waals surface area contributed by atoms with E-state index in [1.54, 1.807) is 6.07 Å². The molecule has 0 bridgehead atoms. The quantitative estimate of drug-likeness (QED) is 0.714. The van der Waals surface area contributed by atoms with Crippen molar-refractivity contribution in [3.8, 4) is 17.3 Å². The van der Waals surface area contributed by atoms with Gasteiger partial charge in [-0.05, 0) is 43.5 Å². The van der Waals surface area contributed by atoms with Gasteiger partial charge in [-0.2, -0.15) is 23.1 Å². The Bertz CT molecular complexity index is 864. The molecule has 0 spiro atoms. The summed E-state index contributed by atoms with van der Waals surface area (Å²) in [5, 5.41) is 5.97. The van der Waals surface area contributed by atoms with Gasteiger partial charge in [0.15, 0.2) is 0 Å². The van der Waals surface area contributed by atoms with Crippen molar-refractivity contribution < 1.29 is 22.7 Å². The molecule has 162 valence electrons. The average molecular weight is 422 g/mol. The number of carbonyl (C=O) groups excluding carboxylic acids is 1. The summed E-state index contributed by atoms with van der Waals surface area (Å²) in [5.74, 6) is 0.145. The summed E-state index contributed by atoms with van der Waals surface area (Å²) in [6.07, 6.45) is -2.66. The largest absolute Gasteiger partial charge is 0.463 e. The van der Waals surface area contributed by atoms with E-state index in [0.717, 1.165) is 31.5 Å². The predicted octanol–water partition coefficient (Wildman–Crippen LogP) is 3.57. The summed E-state index contributed by atoms with van der Waals surface area (Å²) in [6, 6.07) is 6.32. The first kappa shape index (κ1) is 22.0. The Balaban J connectivity index is 1.81. The zero-order valence-electron chi connectivity index (χ0n) is 16.9. The van der Waals surface area contributed by atoms with Crippen molar-refractivity contribution in [2.45, 2.75) is 45.5 Å². The van der Waals surface area contributed by atoms with Crippen LogP contribution in [0.5, 0.6) is 6.01 Å². The second-order valence-electron chi connectivity index (χ2n) is 7.67. The molecule has 2 heterocycles. The van der Waals surface area contributed by atoms with Crippen LogP contribution < -0.4 is 15.4 Å². The average Bonchev–Trinajstić information content (AvgIpc) is 3.25. The number of hydrogen-bond donors (Lipinski definition) is 2. The molecule has 2 aromatic rings. The number of nitrogens with one attached hydrogen (secondary N) is 2. The van der Waals surface area contributed by atoms with Crippen LogP contribution in [0, 0.1) is 5.92 Å². The lowest BCUT2D eigenvalue weighted by atomic mass is 10.1. The normalized spacial score (nSPS) is 16.7. The van der Waals surface area contributed by atoms with Gasteiger partial charge in [0.05, 0.1) is 36.1 Å². The van der Waals surface area contributed by atoms with E-state index in [0.29, 0.717) is 23.6 Å². The van der Waals surface area contributed by atoms with E-state index in [9.17, 15) is 18.0 Å². The SMILES string of the molecule is CC(C)COc1nc(CNC(=O)C2CCCN2)cc(-c2ccc(C(F)(F)F)cc2)n1. The first-order valence-electron chi connectivity index (χ1n) is 9.92. The number of amides is 1. The topological polar surface area (TPSA) is 76.1 Å². The fourth-order valence-corrected chi connectivity index (χ4v) is 3.06. The number of ether oxygens (including phenoxy) is 1. The molecule has 1 aromatic heterocycles. The van der Waals surface area contributed by atoms with Crippen molar-refractivity contribution in [2.24, 2.45) is 5.92 Å². The lowest BCUT2D eigenvalue weighted by Crippen LogP contribution is -2.40. The molecule has 30 heavy (non-hydrogen) atoms. The fraction of sp³-hybridized carbons (Fsp3) is 0.476. The highest BCUT2D eigenvalue weighted by Gasteiger charge is 2.30. The summed E-state index contributed by atoms with van der Waals surface area (Å²) in [6.45, 7) is 5.35. The number of carbonyl (C=O) groups is 1. The summed E-state index contributed by atoms with van der Waals surface area (Å²) in [4.78, 5) is 20.9. The number of aromatic nitrogens is 2. The van der Waals surface area contributed by atoms with Gasteiger partial charge in [-0.3, -0.25) is 4.79 Å². The number of hydrogen-bond acceptors (Lipinski definition) is 5. The van der Waals surface area contributed by atoms with Crippen LogP contribution in [0.1, 0.15) is 37.9 Å². The van der Waals surface area contributed by atoms with E-state index in [-0.39, 0.29) is 30.4 Å². The third-order valence-electron chi connectivity index (χ3n) is 4.63. The number of benzene rings is 1. The molecular formula is C21H25F3N4O2. The van der Waals surface area contributed by atoms with Gasteiger partial charge in [0.1, 0.15) is 0 Å². The molecule has 6 nitrogen and oxygen atoms in total. The van der Waals surface area contributed by atoms with Crippen molar-refractivity contribution >= 4 is 5.91 Å². The lowest BCUT2D eigenvalue weighted by molar-refractivity contribution is -0.137. The van der Waals surface area contributed by atoms with E-state index in [1.807, 2.05) is 13.8 Å². The minimum Gasteiger partial charge on any atom is -0.463 e. The molecule has 0 aliphatic carbocycles. The van der Waals surface area contributed by atoms with Crippen LogP contribution in [0.4, 0.5) is 13.2 Å². The van der Waals surface area contributed by atoms with Crippen molar-refractivity contribution in [3.05, 3.63) is 41.6 Å². The standard InChI is InChI=1S/C21H25F3N4O2/c1-13(2)12-30-20-27-16(11-26-19(29)17-4-3-9-25-17)10-18(28-20)14-5-7-15(8-6-14)21(22,23)24/h5-8,10,13,17,25H,3-4,9,11-12H2,1-2H3,(H,26,29). The molecule has 2 N–H and O–H groups in total. The number of rotatable bonds is 7. The maximum absolute atomic E-state index is 12.8. The van der Waals surface area contributed by atoms with Gasteiger partial charge in [-0.25, -0.2) is 0 Å². The van der Waals surface area contributed by atoms with Gasteiger partial charge < -0.3 is 15.4 Å². The highest BCUT2D eigenvalue weighted by molar-refractivity contribution is 5.82. The summed E-state index contributed by atoms with van der Waals surface area (Å²) >= 11 is 0. The highest BCUT2D eigenvalue weighted by atomic mass is 19.4. The minimum absolute atomic E-state index is 0.105. The maximum atomic E-state index is 12.8. The van der Waals surface area contributed by atoms with Crippen molar-refractivity contribution in [1.82, 2.24) is 20.6 Å². The van der Waals surface area contributed by atoms with Gasteiger partial charge >= 0.3 is 12.2 Å². The Labute approximate surface area is 173 Å². The van der Waals surface area contributed by atoms with Crippen LogP contribution in [-0.4, -0.2) is 35.1 Å². The van der Waals surface area contributed by atoms with Gasteiger partial charge in [0.25, 0.3) is 0 Å². The third-order valence-corrected chi connectivity index (χ3v) is 4.63. The van der Waals surface area contributed by atoms with Crippen LogP contribution in [0.3, 0.4) is 0 Å². The molecule has 1 atom stereocenters. The lowest BCUT2D eigenvalue weighted by Gasteiger charge is -2.13. The molecule has 9 heteroatoms. The number of halogens is 3. The minimum atomic E-state index is -4.40. The zero-order chi connectivity index (χ0) is 21.7. The van der Waals surface area contributed by atoms with Gasteiger partial charge in [-0.15, -0.1) is 0 Å². The van der Waals surface area contributed by atoms with Crippen LogP contribution in [0.2, 0.25) is 0 Å². The summed E-state index contributed by atoms with van der Waals surface area (Å²) in [7, 11) is 0. The Morgan fingerprint density at radius 3 is 2.60 bits per heavy atom. The van der Waals surface area contributed by atoms with Crippen molar-refractivity contribution in [3.63, 3.8) is 0 Å². The number of nitrogens with zero attached hydrogens (tertiary/aromatic N) is 2. The van der Waals surface area contributed by atoms with Gasteiger partial charge in [0.2, 0.25) is 5.91 Å². The predicted molar refractivity (Wildman–Crippen MR) is 106 cm³/mol. The molecule has 1 unspecified atom stereocenters. The Kier molecular flexibility index (Phi) is 6.91. The first-order chi connectivity index (χ1) is 14.2. The Morgan fingerprint density at radius 2 is 2.00 bits per heavy atom. The first-order valence-corrected chi connectivity index (χ1v) is 9.92. The molecule has 1 saturated heterocycles. The summed E-state index contributed by atoms with van der Waals surface area (Å²) in [5.41, 5.74) is 0.726. The second-order valence-corrected chi connectivity index (χ2v) is 7.67. The highest BCUT2D eigenvalue weighted by Crippen LogP contribution is 2.31. The summed E-state index contributed by atoms with van der Waals surface area (Å²) < 4.78 is 44.1. The zero-order valence-corrected chi connectivity index (χ0v) is 16.9. The molecule has 3 rings (SSSR count). The van der Waals surface area contributed by atoms with Crippen LogP contribution in [-0.2, 0) is 17.5 Å². The second kappa shape index (κ2) is 9.42. The maximum Gasteiger partial charge on any atom is 0.416 e. The molecule has 1 fully saturated rings. The van der Waals surface area contributed by atoms with Crippen LogP contribution in [0.25, 0.3) is 11.3 Å². The van der Waals surface area contributed by atoms with Gasteiger partial charge in [-0.1, -0.05) is 26.0 Å². The molecule has 1 amide bonds. The molecule has 1 aliphatic heterocycles. The van der Waals surface area contributed by atoms with Crippen LogP contribution in [0.15, 0.2) is 30.3 Å². The number of alkyl halides is 3. The monoisotopic (exact) mass is 422 g/mol.